The molecule has 3 aliphatic carbocycles. The van der Waals surface area contributed by atoms with Gasteiger partial charge in [-0.25, -0.2) is 0 Å². The van der Waals surface area contributed by atoms with Gasteiger partial charge in [0.15, 0.2) is 0 Å². The van der Waals surface area contributed by atoms with Crippen LogP contribution in [0.2, 0.25) is 78.6 Å². The van der Waals surface area contributed by atoms with E-state index in [0.717, 1.165) is 0 Å². The second kappa shape index (κ2) is 13.0. The fourth-order valence-electron chi connectivity index (χ4n) is 10.9. The van der Waals surface area contributed by atoms with Gasteiger partial charge in [0.05, 0.1) is 0 Å². The molecule has 2 bridgehead atoms. The minimum atomic E-state index is -2.71. The zero-order chi connectivity index (χ0) is 37.7. The summed E-state index contributed by atoms with van der Waals surface area (Å²) < 4.78 is 6.22. The number of hydrogen-bond acceptors (Lipinski definition) is 1. The van der Waals surface area contributed by atoms with E-state index in [2.05, 4.69) is 189 Å². The van der Waals surface area contributed by atoms with Crippen LogP contribution >= 0.6 is 10.5 Å². The SMILES string of the molecule is CC(C)(C)c1cc(C([Si](C)(C)C)[Si](C)(C)C)[c]([Ge](=[S])[NH]C23c4ccccc4C(c4ccccc42)c2ccccc23)c(C([Si](C)(C)C)[Si](C)(C)C)c1. The van der Waals surface area contributed by atoms with Gasteiger partial charge in [-0.05, 0) is 0 Å². The molecule has 0 amide bonds. The number of nitrogens with one attached hydrogen (secondary N) is 1. The third kappa shape index (κ3) is 6.70. The summed E-state index contributed by atoms with van der Waals surface area (Å²) in [6.45, 7) is 38.9. The molecule has 0 atom stereocenters. The molecule has 270 valence electrons. The summed E-state index contributed by atoms with van der Waals surface area (Å²) in [6.07, 6.45) is 0. The molecule has 0 saturated heterocycles. The van der Waals surface area contributed by atoms with Gasteiger partial charge in [0.1, 0.15) is 0 Å². The van der Waals surface area contributed by atoms with Gasteiger partial charge in [0.25, 0.3) is 0 Å². The zero-order valence-corrected chi connectivity index (χ0v) is 41.1. The van der Waals surface area contributed by atoms with E-state index in [1.165, 1.54) is 38.9 Å². The van der Waals surface area contributed by atoms with Gasteiger partial charge in [-0.2, -0.15) is 0 Å². The summed E-state index contributed by atoms with van der Waals surface area (Å²) >= 11 is -2.71. The quantitative estimate of drug-likeness (QED) is 0.169. The van der Waals surface area contributed by atoms with Crippen molar-refractivity contribution in [1.29, 1.82) is 0 Å². The molecule has 7 heteroatoms. The van der Waals surface area contributed by atoms with Gasteiger partial charge in [-0.15, -0.1) is 0 Å². The molecule has 0 unspecified atom stereocenters. The summed E-state index contributed by atoms with van der Waals surface area (Å²) in [5, 5.41) is 1.23. The average molecular weight is 823 g/mol. The van der Waals surface area contributed by atoms with Crippen LogP contribution in [0.25, 0.3) is 0 Å². The predicted molar refractivity (Wildman–Crippen MR) is 240 cm³/mol. The van der Waals surface area contributed by atoms with Crippen LogP contribution in [0.15, 0.2) is 84.9 Å². The molecule has 0 saturated carbocycles. The van der Waals surface area contributed by atoms with E-state index in [-0.39, 0.29) is 11.3 Å². The van der Waals surface area contributed by atoms with Crippen molar-refractivity contribution in [1.82, 2.24) is 4.27 Å². The zero-order valence-electron chi connectivity index (χ0n) is 34.2. The second-order valence-corrected chi connectivity index (χ2v) is 48.5. The van der Waals surface area contributed by atoms with Gasteiger partial charge in [-0.1, -0.05) is 0 Å². The molecule has 1 nitrogen and oxygen atoms in total. The van der Waals surface area contributed by atoms with E-state index < -0.39 is 50.8 Å². The molecule has 0 aromatic heterocycles. The van der Waals surface area contributed by atoms with Gasteiger partial charge < -0.3 is 0 Å². The van der Waals surface area contributed by atoms with Gasteiger partial charge in [0, 0.05) is 0 Å². The van der Waals surface area contributed by atoms with Crippen LogP contribution < -0.4 is 8.67 Å². The first-order valence-corrected chi connectivity index (χ1v) is 38.6. The van der Waals surface area contributed by atoms with E-state index >= 15 is 0 Å². The first-order chi connectivity index (χ1) is 23.4. The molecule has 0 radical (unpaired) electrons. The average Bonchev–Trinajstić information content (AvgIpc) is 2.98. The summed E-state index contributed by atoms with van der Waals surface area (Å²) in [6, 6.07) is 33.3. The molecule has 51 heavy (non-hydrogen) atoms. The Labute approximate surface area is 323 Å². The standard InChI is InChI=1S/C44H63GeNSSi4/c1-43(2,3)30-28-34(41(48(4,5)6)49(7,8)9)40(35(29-30)42(50(10,11)12)51(13,14)15)45(47)46-44-36-25-19-16-22-31(36)39(32-23-17-20-26-37(32)44)33-24-18-21-27-38(33)44/h16-29,39,41-42,46H,1-15H3. The van der Waals surface area contributed by atoms with Crippen molar-refractivity contribution in [3.05, 3.63) is 135 Å². The van der Waals surface area contributed by atoms with Crippen LogP contribution in [-0.2, 0) is 11.0 Å². The van der Waals surface area contributed by atoms with Crippen LogP contribution in [0, 0.1) is 0 Å². The van der Waals surface area contributed by atoms with Crippen LogP contribution in [0.1, 0.15) is 87.1 Å². The van der Waals surface area contributed by atoms with Crippen molar-refractivity contribution in [2.75, 3.05) is 0 Å². The minimum absolute atomic E-state index is 0.0567. The van der Waals surface area contributed by atoms with Gasteiger partial charge in [-0.3, -0.25) is 0 Å². The van der Waals surface area contributed by atoms with E-state index in [4.69, 9.17) is 10.5 Å². The Kier molecular flexibility index (Phi) is 9.92. The maximum absolute atomic E-state index is 7.29. The molecule has 0 aliphatic heterocycles. The van der Waals surface area contributed by atoms with Crippen molar-refractivity contribution in [2.45, 2.75) is 127 Å². The van der Waals surface area contributed by atoms with Crippen LogP contribution in [0.5, 0.6) is 0 Å². The molecular weight excluding hydrogens is 760 g/mol. The number of benzene rings is 4. The normalized spacial score (nSPS) is 18.8. The summed E-state index contributed by atoms with van der Waals surface area (Å²) in [7, 11) is 0.570. The molecule has 7 rings (SSSR count). The van der Waals surface area contributed by atoms with E-state index in [1.54, 1.807) is 15.5 Å². The van der Waals surface area contributed by atoms with Crippen molar-refractivity contribution >= 4 is 60.1 Å². The predicted octanol–water partition coefficient (Wildman–Crippen LogP) is 11.9. The molecule has 4 aromatic carbocycles. The second-order valence-electron chi connectivity index (χ2n) is 21.0. The van der Waals surface area contributed by atoms with Crippen molar-refractivity contribution in [3.63, 3.8) is 0 Å². The monoisotopic (exact) mass is 823 g/mol. The van der Waals surface area contributed by atoms with Crippen LogP contribution in [0.4, 0.5) is 0 Å². The fourth-order valence-corrected chi connectivity index (χ4v) is 43.4. The van der Waals surface area contributed by atoms with Gasteiger partial charge >= 0.3 is 326 Å². The number of rotatable bonds is 9. The number of hydrogen-bond donors (Lipinski definition) is 1. The van der Waals surface area contributed by atoms with Crippen LogP contribution in [0.3, 0.4) is 0 Å². The molecule has 1 N–H and O–H groups in total. The first kappa shape index (κ1) is 39.0. The summed E-state index contributed by atoms with van der Waals surface area (Å²) in [4.78, 5) is 0. The Bertz CT molecular complexity index is 1800. The third-order valence-corrected chi connectivity index (χ3v) is 35.3. The topological polar surface area (TPSA) is 12.0 Å². The summed E-state index contributed by atoms with van der Waals surface area (Å²) in [5.74, 6) is 0.259. The Morgan fingerprint density at radius 3 is 1.18 bits per heavy atom. The molecule has 0 spiro atoms. The Balaban J connectivity index is 1.74. The van der Waals surface area contributed by atoms with E-state index in [1.807, 2.05) is 0 Å². The van der Waals surface area contributed by atoms with Crippen molar-refractivity contribution < 1.29 is 0 Å². The third-order valence-electron chi connectivity index (χ3n) is 11.7. The summed E-state index contributed by atoms with van der Waals surface area (Å²) in [5.41, 5.74) is 13.0. The van der Waals surface area contributed by atoms with Crippen LogP contribution in [-0.4, -0.2) is 45.2 Å². The van der Waals surface area contributed by atoms with Gasteiger partial charge in [0.2, 0.25) is 0 Å². The molecule has 4 aromatic rings. The Morgan fingerprint density at radius 2 is 0.882 bits per heavy atom. The maximum atomic E-state index is 7.29. The van der Waals surface area contributed by atoms with E-state index in [9.17, 15) is 0 Å². The van der Waals surface area contributed by atoms with Crippen molar-refractivity contribution in [2.24, 2.45) is 0 Å². The van der Waals surface area contributed by atoms with E-state index in [0.29, 0.717) is 10.3 Å². The molecule has 3 aliphatic rings. The first-order valence-electron chi connectivity index (χ1n) is 19.2. The van der Waals surface area contributed by atoms with Crippen molar-refractivity contribution in [3.8, 4) is 0 Å². The molecule has 0 heterocycles. The fraction of sp³-hybridized carbons (Fsp3) is 0.455. The Hall–Kier alpha value is -1.69. The Morgan fingerprint density at radius 1 is 0.569 bits per heavy atom. The molecule has 0 fully saturated rings. The molecular formula is C44H63GeNSSi4.